The van der Waals surface area contributed by atoms with Gasteiger partial charge in [0.25, 0.3) is 5.91 Å². The first-order chi connectivity index (χ1) is 12.5. The fourth-order valence-corrected chi connectivity index (χ4v) is 1.94. The van der Waals surface area contributed by atoms with Crippen molar-refractivity contribution in [2.75, 3.05) is 26.9 Å². The van der Waals surface area contributed by atoms with Gasteiger partial charge in [-0.2, -0.15) is 8.78 Å². The first-order valence-electron chi connectivity index (χ1n) is 7.49. The van der Waals surface area contributed by atoms with Crippen LogP contribution in [0.25, 0.3) is 0 Å². The zero-order valence-electron chi connectivity index (χ0n) is 13.8. The lowest BCUT2D eigenvalue weighted by Crippen LogP contribution is -2.29. The largest absolute Gasteiger partial charge is 0.493 e. The van der Waals surface area contributed by atoms with Gasteiger partial charge in [-0.1, -0.05) is 6.07 Å². The lowest BCUT2D eigenvalue weighted by atomic mass is 10.2. The van der Waals surface area contributed by atoms with E-state index in [2.05, 4.69) is 10.1 Å². The summed E-state index contributed by atoms with van der Waals surface area (Å²) in [6.07, 6.45) is 1.12. The Morgan fingerprint density at radius 3 is 2.73 bits per heavy atom. The van der Waals surface area contributed by atoms with E-state index >= 15 is 0 Å². The van der Waals surface area contributed by atoms with E-state index in [0.717, 1.165) is 6.26 Å². The Balaban J connectivity index is 1.81. The van der Waals surface area contributed by atoms with Gasteiger partial charge < -0.3 is 29.0 Å². The molecular formula is C16H17F2NO7. The molecule has 10 heteroatoms. The van der Waals surface area contributed by atoms with Crippen LogP contribution in [0, 0.1) is 0 Å². The van der Waals surface area contributed by atoms with Gasteiger partial charge in [0.2, 0.25) is 5.76 Å². The van der Waals surface area contributed by atoms with Crippen LogP contribution >= 0.6 is 0 Å². The molecule has 2 rings (SSSR count). The van der Waals surface area contributed by atoms with Crippen LogP contribution in [-0.2, 0) is 30.3 Å². The molecule has 8 nitrogen and oxygen atoms in total. The summed E-state index contributed by atoms with van der Waals surface area (Å²) in [5.41, 5.74) is 0.579. The molecule has 1 N–H and O–H groups in total. The van der Waals surface area contributed by atoms with E-state index in [1.807, 2.05) is 0 Å². The Kier molecular flexibility index (Phi) is 7.01. The summed E-state index contributed by atoms with van der Waals surface area (Å²) >= 11 is 0. The van der Waals surface area contributed by atoms with Crippen molar-refractivity contribution in [3.63, 3.8) is 0 Å². The van der Waals surface area contributed by atoms with Crippen LogP contribution in [0.5, 0.6) is 11.5 Å². The third kappa shape index (κ3) is 5.80. The van der Waals surface area contributed by atoms with Crippen molar-refractivity contribution in [3.05, 3.63) is 35.8 Å². The van der Waals surface area contributed by atoms with Crippen molar-refractivity contribution in [1.29, 1.82) is 0 Å². The number of benzene rings is 1. The summed E-state index contributed by atoms with van der Waals surface area (Å²) in [4.78, 5) is 23.4. The van der Waals surface area contributed by atoms with Gasteiger partial charge in [0.05, 0.1) is 7.11 Å². The summed E-state index contributed by atoms with van der Waals surface area (Å²) in [5, 5.41) is 2.52. The van der Waals surface area contributed by atoms with Crippen LogP contribution in [-0.4, -0.2) is 45.4 Å². The maximum atomic E-state index is 12.3. The Morgan fingerprint density at radius 1 is 1.27 bits per heavy atom. The van der Waals surface area contributed by atoms with Crippen molar-refractivity contribution in [2.45, 2.75) is 13.2 Å². The summed E-state index contributed by atoms with van der Waals surface area (Å²) in [6, 6.07) is 4.24. The van der Waals surface area contributed by atoms with Gasteiger partial charge in [0.15, 0.2) is 18.1 Å². The van der Waals surface area contributed by atoms with Gasteiger partial charge in [-0.25, -0.2) is 4.79 Å². The van der Waals surface area contributed by atoms with E-state index in [1.54, 1.807) is 0 Å². The summed E-state index contributed by atoms with van der Waals surface area (Å²) in [7, 11) is 1.31. The molecule has 0 radical (unpaired) electrons. The summed E-state index contributed by atoms with van der Waals surface area (Å²) in [6.45, 7) is -2.85. The molecule has 0 aliphatic carbocycles. The average Bonchev–Trinajstić information content (AvgIpc) is 2.65. The van der Waals surface area contributed by atoms with Gasteiger partial charge in [-0.15, -0.1) is 0 Å². The highest BCUT2D eigenvalue weighted by Gasteiger charge is 2.18. The second-order valence-corrected chi connectivity index (χ2v) is 4.92. The number of rotatable bonds is 8. The van der Waals surface area contributed by atoms with E-state index in [4.69, 9.17) is 18.9 Å². The molecule has 0 saturated carbocycles. The first kappa shape index (κ1) is 19.3. The third-order valence-corrected chi connectivity index (χ3v) is 3.12. The van der Waals surface area contributed by atoms with Gasteiger partial charge in [-0.3, -0.25) is 4.79 Å². The van der Waals surface area contributed by atoms with Crippen molar-refractivity contribution < 1.29 is 42.1 Å². The van der Waals surface area contributed by atoms with Crippen molar-refractivity contribution in [1.82, 2.24) is 5.32 Å². The number of ether oxygens (including phenoxy) is 5. The molecule has 0 bridgehead atoms. The average molecular weight is 373 g/mol. The predicted molar refractivity (Wildman–Crippen MR) is 82.4 cm³/mol. The number of alkyl halides is 2. The number of halogens is 2. The van der Waals surface area contributed by atoms with Gasteiger partial charge >= 0.3 is 12.6 Å². The normalized spacial score (nSPS) is 13.2. The number of methoxy groups -OCH3 is 1. The van der Waals surface area contributed by atoms with Crippen LogP contribution in [0.4, 0.5) is 8.78 Å². The van der Waals surface area contributed by atoms with E-state index in [0.29, 0.717) is 12.2 Å². The lowest BCUT2D eigenvalue weighted by molar-refractivity contribution is -0.149. The zero-order chi connectivity index (χ0) is 18.9. The number of esters is 1. The fourth-order valence-electron chi connectivity index (χ4n) is 1.94. The SMILES string of the molecule is COc1cc(CNC(=O)COC(=O)C2=COCCO2)ccc1OC(F)F. The fraction of sp³-hybridized carbons (Fsp3) is 0.375. The Hall–Kier alpha value is -3.04. The van der Waals surface area contributed by atoms with Crippen molar-refractivity contribution in [3.8, 4) is 11.5 Å². The molecule has 1 aliphatic rings. The van der Waals surface area contributed by atoms with Gasteiger partial charge in [0, 0.05) is 6.54 Å². The maximum absolute atomic E-state index is 12.3. The third-order valence-electron chi connectivity index (χ3n) is 3.12. The molecule has 1 aromatic carbocycles. The van der Waals surface area contributed by atoms with Crippen molar-refractivity contribution in [2.24, 2.45) is 0 Å². The molecule has 1 heterocycles. The van der Waals surface area contributed by atoms with Crippen LogP contribution in [0.2, 0.25) is 0 Å². The first-order valence-corrected chi connectivity index (χ1v) is 7.49. The minimum absolute atomic E-state index is 0.0734. The topological polar surface area (TPSA) is 92.3 Å². The number of carbonyl (C=O) groups excluding carboxylic acids is 2. The molecule has 1 aliphatic heterocycles. The molecule has 0 aromatic heterocycles. The van der Waals surface area contributed by atoms with E-state index < -0.39 is 25.1 Å². The quantitative estimate of drug-likeness (QED) is 0.688. The number of nitrogens with one attached hydrogen (secondary N) is 1. The van der Waals surface area contributed by atoms with Crippen molar-refractivity contribution >= 4 is 11.9 Å². The highest BCUT2D eigenvalue weighted by Crippen LogP contribution is 2.29. The second-order valence-electron chi connectivity index (χ2n) is 4.92. The molecule has 0 spiro atoms. The summed E-state index contributed by atoms with van der Waals surface area (Å²) in [5.74, 6) is -1.49. The van der Waals surface area contributed by atoms with E-state index in [1.165, 1.54) is 25.3 Å². The minimum atomic E-state index is -2.97. The highest BCUT2D eigenvalue weighted by atomic mass is 19.3. The standard InChI is InChI=1S/C16H17F2NO7/c1-22-12-6-10(2-3-11(12)26-16(17)18)7-19-14(20)9-25-15(21)13-8-23-4-5-24-13/h2-3,6,8,16H,4-5,7,9H2,1H3,(H,19,20). The number of carbonyl (C=O) groups is 2. The molecule has 0 atom stereocenters. The Labute approximate surface area is 147 Å². The maximum Gasteiger partial charge on any atom is 0.387 e. The monoisotopic (exact) mass is 373 g/mol. The molecular weight excluding hydrogens is 356 g/mol. The highest BCUT2D eigenvalue weighted by molar-refractivity contribution is 5.88. The predicted octanol–water partition coefficient (Wildman–Crippen LogP) is 1.34. The van der Waals surface area contributed by atoms with Crippen LogP contribution < -0.4 is 14.8 Å². The molecule has 0 unspecified atom stereocenters. The Morgan fingerprint density at radius 2 is 2.08 bits per heavy atom. The number of hydrogen-bond donors (Lipinski definition) is 1. The number of amides is 1. The van der Waals surface area contributed by atoms with Crippen LogP contribution in [0.15, 0.2) is 30.2 Å². The molecule has 1 amide bonds. The smallest absolute Gasteiger partial charge is 0.387 e. The van der Waals surface area contributed by atoms with Gasteiger partial charge in [0.1, 0.15) is 19.5 Å². The van der Waals surface area contributed by atoms with Crippen LogP contribution in [0.1, 0.15) is 5.56 Å². The summed E-state index contributed by atoms with van der Waals surface area (Å²) < 4.78 is 48.6. The molecule has 26 heavy (non-hydrogen) atoms. The molecule has 0 saturated heterocycles. The zero-order valence-corrected chi connectivity index (χ0v) is 13.8. The van der Waals surface area contributed by atoms with E-state index in [-0.39, 0.29) is 30.4 Å². The van der Waals surface area contributed by atoms with E-state index in [9.17, 15) is 18.4 Å². The van der Waals surface area contributed by atoms with Gasteiger partial charge in [-0.05, 0) is 17.7 Å². The Bertz CT molecular complexity index is 679. The molecule has 1 aromatic rings. The second kappa shape index (κ2) is 9.44. The molecule has 0 fully saturated rings. The minimum Gasteiger partial charge on any atom is -0.493 e. The lowest BCUT2D eigenvalue weighted by Gasteiger charge is -2.14. The van der Waals surface area contributed by atoms with Crippen LogP contribution in [0.3, 0.4) is 0 Å². The number of hydrogen-bond acceptors (Lipinski definition) is 7. The molecule has 142 valence electrons.